The molecule has 0 bridgehead atoms. The number of halogens is 2. The SMILES string of the molecule is COc1ccc(SCC(=O)N[C@H](C)c2ccc(Cl)c(Cl)c2)cc1. The van der Waals surface area contributed by atoms with E-state index in [1.54, 1.807) is 19.2 Å². The predicted molar refractivity (Wildman–Crippen MR) is 96.7 cm³/mol. The largest absolute Gasteiger partial charge is 0.497 e. The van der Waals surface area contributed by atoms with Crippen molar-refractivity contribution in [2.45, 2.75) is 17.9 Å². The van der Waals surface area contributed by atoms with E-state index in [9.17, 15) is 4.79 Å². The Morgan fingerprint density at radius 3 is 2.48 bits per heavy atom. The lowest BCUT2D eigenvalue weighted by Crippen LogP contribution is -2.28. The third-order valence-electron chi connectivity index (χ3n) is 3.25. The molecule has 0 aromatic heterocycles. The van der Waals surface area contributed by atoms with Gasteiger partial charge in [0.05, 0.1) is 28.9 Å². The monoisotopic (exact) mass is 369 g/mol. The second-order valence-corrected chi connectivity index (χ2v) is 6.79. The minimum absolute atomic E-state index is 0.0376. The van der Waals surface area contributed by atoms with Crippen LogP contribution in [-0.2, 0) is 4.79 Å². The van der Waals surface area contributed by atoms with Crippen molar-refractivity contribution in [1.82, 2.24) is 5.32 Å². The number of benzene rings is 2. The zero-order valence-corrected chi connectivity index (χ0v) is 15.1. The molecule has 122 valence electrons. The average Bonchev–Trinajstić information content (AvgIpc) is 2.55. The van der Waals surface area contributed by atoms with E-state index in [-0.39, 0.29) is 11.9 Å². The minimum Gasteiger partial charge on any atom is -0.497 e. The number of methoxy groups -OCH3 is 1. The van der Waals surface area contributed by atoms with Crippen molar-refractivity contribution in [1.29, 1.82) is 0 Å². The molecule has 6 heteroatoms. The van der Waals surface area contributed by atoms with Gasteiger partial charge >= 0.3 is 0 Å². The first kappa shape index (κ1) is 18.0. The van der Waals surface area contributed by atoms with E-state index in [1.165, 1.54) is 11.8 Å². The summed E-state index contributed by atoms with van der Waals surface area (Å²) in [5.74, 6) is 1.11. The van der Waals surface area contributed by atoms with Gasteiger partial charge in [-0.2, -0.15) is 0 Å². The molecule has 23 heavy (non-hydrogen) atoms. The van der Waals surface area contributed by atoms with Gasteiger partial charge in [-0.05, 0) is 48.9 Å². The Hall–Kier alpha value is -1.36. The second-order valence-electron chi connectivity index (χ2n) is 4.93. The molecule has 0 saturated carbocycles. The highest BCUT2D eigenvalue weighted by Crippen LogP contribution is 2.26. The zero-order chi connectivity index (χ0) is 16.8. The number of hydrogen-bond donors (Lipinski definition) is 1. The molecule has 2 rings (SSSR count). The third kappa shape index (κ3) is 5.34. The number of rotatable bonds is 6. The number of ether oxygens (including phenoxy) is 1. The standard InChI is InChI=1S/C17H17Cl2NO2S/c1-11(12-3-8-15(18)16(19)9-12)20-17(21)10-23-14-6-4-13(22-2)5-7-14/h3-9,11H,10H2,1-2H3,(H,20,21)/t11-/m1/s1. The summed E-state index contributed by atoms with van der Waals surface area (Å²) in [5, 5.41) is 3.94. The summed E-state index contributed by atoms with van der Waals surface area (Å²) >= 11 is 13.4. The van der Waals surface area contributed by atoms with Crippen molar-refractivity contribution in [3.63, 3.8) is 0 Å². The van der Waals surface area contributed by atoms with Crippen LogP contribution in [0.3, 0.4) is 0 Å². The highest BCUT2D eigenvalue weighted by Gasteiger charge is 2.11. The van der Waals surface area contributed by atoms with Gasteiger partial charge in [0.2, 0.25) is 5.91 Å². The summed E-state index contributed by atoms with van der Waals surface area (Å²) in [7, 11) is 1.63. The van der Waals surface area contributed by atoms with Crippen molar-refractivity contribution in [3.05, 3.63) is 58.1 Å². The van der Waals surface area contributed by atoms with Crippen molar-refractivity contribution in [2.24, 2.45) is 0 Å². The number of hydrogen-bond acceptors (Lipinski definition) is 3. The van der Waals surface area contributed by atoms with E-state index in [0.717, 1.165) is 16.2 Å². The highest BCUT2D eigenvalue weighted by molar-refractivity contribution is 8.00. The van der Waals surface area contributed by atoms with Crippen molar-refractivity contribution in [2.75, 3.05) is 12.9 Å². The topological polar surface area (TPSA) is 38.3 Å². The predicted octanol–water partition coefficient (Wildman–Crippen LogP) is 4.97. The number of nitrogens with one attached hydrogen (secondary N) is 1. The number of thioether (sulfide) groups is 1. The highest BCUT2D eigenvalue weighted by atomic mass is 35.5. The Labute approximate surface area is 150 Å². The van der Waals surface area contributed by atoms with Crippen LogP contribution in [0.15, 0.2) is 47.4 Å². The molecule has 2 aromatic rings. The van der Waals surface area contributed by atoms with Crippen LogP contribution in [0.5, 0.6) is 5.75 Å². The first-order valence-electron chi connectivity index (χ1n) is 7.00. The van der Waals surface area contributed by atoms with Crippen molar-refractivity contribution in [3.8, 4) is 5.75 Å². The van der Waals surface area contributed by atoms with Crippen LogP contribution >= 0.6 is 35.0 Å². The van der Waals surface area contributed by atoms with E-state index >= 15 is 0 Å². The fourth-order valence-electron chi connectivity index (χ4n) is 1.97. The number of amides is 1. The summed E-state index contributed by atoms with van der Waals surface area (Å²) in [6, 6.07) is 12.8. The quantitative estimate of drug-likeness (QED) is 0.730. The van der Waals surface area contributed by atoms with E-state index in [1.807, 2.05) is 37.3 Å². The maximum absolute atomic E-state index is 12.1. The first-order valence-corrected chi connectivity index (χ1v) is 8.75. The molecule has 0 aliphatic carbocycles. The van der Waals surface area contributed by atoms with Crippen molar-refractivity contribution >= 4 is 40.9 Å². The Bertz CT molecular complexity index is 677. The van der Waals surface area contributed by atoms with Gasteiger partial charge in [0.15, 0.2) is 0 Å². The van der Waals surface area contributed by atoms with Crippen molar-refractivity contribution < 1.29 is 9.53 Å². The van der Waals surface area contributed by atoms with Gasteiger partial charge in [-0.3, -0.25) is 4.79 Å². The second kappa shape index (κ2) is 8.48. The molecule has 0 radical (unpaired) electrons. The fourth-order valence-corrected chi connectivity index (χ4v) is 2.99. The Morgan fingerprint density at radius 1 is 1.17 bits per heavy atom. The van der Waals surface area contributed by atoms with Gasteiger partial charge < -0.3 is 10.1 Å². The van der Waals surface area contributed by atoms with Gasteiger partial charge in [0, 0.05) is 4.90 Å². The Balaban J connectivity index is 1.86. The van der Waals surface area contributed by atoms with Gasteiger partial charge in [0.1, 0.15) is 5.75 Å². The minimum atomic E-state index is -0.131. The summed E-state index contributed by atoms with van der Waals surface area (Å²) in [6.07, 6.45) is 0. The lowest BCUT2D eigenvalue weighted by Gasteiger charge is -2.15. The fraction of sp³-hybridized carbons (Fsp3) is 0.235. The third-order valence-corrected chi connectivity index (χ3v) is 5.00. The molecule has 0 heterocycles. The van der Waals surface area contributed by atoms with Gasteiger partial charge in [-0.1, -0.05) is 29.3 Å². The van der Waals surface area contributed by atoms with E-state index < -0.39 is 0 Å². The molecular formula is C17H17Cl2NO2S. The van der Waals surface area contributed by atoms with Crippen LogP contribution in [0.1, 0.15) is 18.5 Å². The van der Waals surface area contributed by atoms with Gasteiger partial charge in [0.25, 0.3) is 0 Å². The summed E-state index contributed by atoms with van der Waals surface area (Å²) in [4.78, 5) is 13.1. The summed E-state index contributed by atoms with van der Waals surface area (Å²) < 4.78 is 5.11. The van der Waals surface area contributed by atoms with Crippen LogP contribution in [0.25, 0.3) is 0 Å². The molecule has 0 spiro atoms. The molecular weight excluding hydrogens is 353 g/mol. The van der Waals surface area contributed by atoms with E-state index in [2.05, 4.69) is 5.32 Å². The summed E-state index contributed by atoms with van der Waals surface area (Å²) in [5.41, 5.74) is 0.919. The molecule has 0 fully saturated rings. The average molecular weight is 370 g/mol. The molecule has 1 amide bonds. The van der Waals surface area contributed by atoms with E-state index in [0.29, 0.717) is 15.8 Å². The molecule has 0 saturated heterocycles. The summed E-state index contributed by atoms with van der Waals surface area (Å²) in [6.45, 7) is 1.91. The smallest absolute Gasteiger partial charge is 0.230 e. The van der Waals surface area contributed by atoms with Crippen LogP contribution < -0.4 is 10.1 Å². The molecule has 0 unspecified atom stereocenters. The maximum atomic E-state index is 12.1. The molecule has 1 atom stereocenters. The van der Waals surface area contributed by atoms with Crippen LogP contribution in [0.2, 0.25) is 10.0 Å². The lowest BCUT2D eigenvalue weighted by atomic mass is 10.1. The lowest BCUT2D eigenvalue weighted by molar-refractivity contribution is -0.119. The molecule has 0 aliphatic rings. The van der Waals surface area contributed by atoms with Gasteiger partial charge in [-0.15, -0.1) is 11.8 Å². The molecule has 3 nitrogen and oxygen atoms in total. The zero-order valence-electron chi connectivity index (χ0n) is 12.8. The van der Waals surface area contributed by atoms with Crippen LogP contribution in [-0.4, -0.2) is 18.8 Å². The Kier molecular flexibility index (Phi) is 6.63. The maximum Gasteiger partial charge on any atom is 0.230 e. The Morgan fingerprint density at radius 2 is 1.87 bits per heavy atom. The first-order chi connectivity index (χ1) is 11.0. The van der Waals surface area contributed by atoms with E-state index in [4.69, 9.17) is 27.9 Å². The van der Waals surface area contributed by atoms with Crippen LogP contribution in [0.4, 0.5) is 0 Å². The number of carbonyl (C=O) groups is 1. The van der Waals surface area contributed by atoms with Gasteiger partial charge in [-0.25, -0.2) is 0 Å². The number of carbonyl (C=O) groups excluding carboxylic acids is 1. The van der Waals surface area contributed by atoms with Crippen LogP contribution in [0, 0.1) is 0 Å². The molecule has 1 N–H and O–H groups in total. The molecule has 0 aliphatic heterocycles. The normalized spacial score (nSPS) is 11.8. The molecule has 2 aromatic carbocycles.